The van der Waals surface area contributed by atoms with Gasteiger partial charge in [-0.05, 0) is 29.1 Å². The molecule has 24 heavy (non-hydrogen) atoms. The van der Waals surface area contributed by atoms with Crippen LogP contribution in [0, 0.1) is 0 Å². The Morgan fingerprint density at radius 2 is 1.88 bits per heavy atom. The van der Waals surface area contributed by atoms with E-state index < -0.39 is 6.61 Å². The van der Waals surface area contributed by atoms with E-state index in [1.54, 1.807) is 31.3 Å². The largest absolute Gasteiger partial charge is 0.435 e. The molecule has 0 saturated heterocycles. The monoisotopic (exact) mass is 353 g/mol. The van der Waals surface area contributed by atoms with Gasteiger partial charge >= 0.3 is 6.61 Å². The Hall–Kier alpha value is -2.28. The summed E-state index contributed by atoms with van der Waals surface area (Å²) in [4.78, 5) is 26.1. The Labute approximate surface area is 142 Å². The zero-order chi connectivity index (χ0) is 17.5. The van der Waals surface area contributed by atoms with Crippen molar-refractivity contribution >= 4 is 23.0 Å². The third-order valence-electron chi connectivity index (χ3n) is 3.36. The molecular weight excluding hydrogens is 336 g/mol. The van der Waals surface area contributed by atoms with Crippen LogP contribution < -0.4 is 4.74 Å². The van der Waals surface area contributed by atoms with E-state index in [4.69, 9.17) is 0 Å². The molecule has 0 aliphatic heterocycles. The Bertz CT molecular complexity index is 672. The fourth-order valence-electron chi connectivity index (χ4n) is 2.11. The molecule has 1 aromatic heterocycles. The molecule has 128 valence electrons. The Balaban J connectivity index is 1.81. The number of benzene rings is 1. The van der Waals surface area contributed by atoms with Crippen LogP contribution in [0.2, 0.25) is 0 Å². The SMILES string of the molecule is CN(Cc1ccc(OC(F)F)cc1)C(=O)CCC(=O)c1cccs1. The van der Waals surface area contributed by atoms with Gasteiger partial charge in [-0.3, -0.25) is 9.59 Å². The molecule has 7 heteroatoms. The first-order valence-corrected chi connectivity index (χ1v) is 8.18. The van der Waals surface area contributed by atoms with E-state index in [-0.39, 0.29) is 30.3 Å². The number of halogens is 2. The summed E-state index contributed by atoms with van der Waals surface area (Å²) in [7, 11) is 1.64. The number of ketones is 1. The first kappa shape index (κ1) is 18.1. The summed E-state index contributed by atoms with van der Waals surface area (Å²) in [6.07, 6.45) is 0.310. The summed E-state index contributed by atoms with van der Waals surface area (Å²) in [5.41, 5.74) is 0.789. The van der Waals surface area contributed by atoms with Crippen LogP contribution in [0.15, 0.2) is 41.8 Å². The zero-order valence-electron chi connectivity index (χ0n) is 13.1. The number of Topliss-reactive ketones (excluding diaryl/α,β-unsaturated/α-hetero) is 1. The molecule has 2 rings (SSSR count). The predicted molar refractivity (Wildman–Crippen MR) is 87.4 cm³/mol. The van der Waals surface area contributed by atoms with E-state index >= 15 is 0 Å². The average Bonchev–Trinajstić information content (AvgIpc) is 3.08. The van der Waals surface area contributed by atoms with Crippen molar-refractivity contribution in [2.24, 2.45) is 0 Å². The Morgan fingerprint density at radius 3 is 2.46 bits per heavy atom. The Kier molecular flexibility index (Phi) is 6.43. The zero-order valence-corrected chi connectivity index (χ0v) is 13.9. The molecule has 4 nitrogen and oxygen atoms in total. The number of nitrogens with zero attached hydrogens (tertiary/aromatic N) is 1. The van der Waals surface area contributed by atoms with Crippen LogP contribution in [-0.2, 0) is 11.3 Å². The van der Waals surface area contributed by atoms with Gasteiger partial charge in [-0.2, -0.15) is 8.78 Å². The molecule has 0 radical (unpaired) electrons. The summed E-state index contributed by atoms with van der Waals surface area (Å²) in [6.45, 7) is -2.53. The predicted octanol–water partition coefficient (Wildman–Crippen LogP) is 3.97. The van der Waals surface area contributed by atoms with Gasteiger partial charge in [0.05, 0.1) is 4.88 Å². The summed E-state index contributed by atoms with van der Waals surface area (Å²) < 4.78 is 28.4. The van der Waals surface area contributed by atoms with Crippen molar-refractivity contribution in [2.75, 3.05) is 7.05 Å². The molecule has 0 saturated carbocycles. The normalized spacial score (nSPS) is 10.7. The van der Waals surface area contributed by atoms with Crippen molar-refractivity contribution in [3.05, 3.63) is 52.2 Å². The molecule has 1 heterocycles. The number of alkyl halides is 2. The molecule has 0 aliphatic rings. The number of thiophene rings is 1. The fourth-order valence-corrected chi connectivity index (χ4v) is 2.80. The van der Waals surface area contributed by atoms with Crippen LogP contribution in [0.5, 0.6) is 5.75 Å². The number of ether oxygens (including phenoxy) is 1. The van der Waals surface area contributed by atoms with Gasteiger partial charge < -0.3 is 9.64 Å². The number of amides is 1. The number of rotatable bonds is 8. The summed E-state index contributed by atoms with van der Waals surface area (Å²) in [5.74, 6) is -0.114. The topological polar surface area (TPSA) is 46.6 Å². The molecule has 0 fully saturated rings. The van der Waals surface area contributed by atoms with Crippen LogP contribution in [-0.4, -0.2) is 30.2 Å². The van der Waals surface area contributed by atoms with Crippen molar-refractivity contribution in [1.82, 2.24) is 4.90 Å². The molecule has 0 unspecified atom stereocenters. The third kappa shape index (κ3) is 5.42. The van der Waals surface area contributed by atoms with Crippen LogP contribution in [0.3, 0.4) is 0 Å². The van der Waals surface area contributed by atoms with Crippen LogP contribution in [0.25, 0.3) is 0 Å². The van der Waals surface area contributed by atoms with Crippen LogP contribution in [0.1, 0.15) is 28.1 Å². The average molecular weight is 353 g/mol. The van der Waals surface area contributed by atoms with E-state index in [0.29, 0.717) is 11.4 Å². The maximum Gasteiger partial charge on any atom is 0.387 e. The molecule has 1 amide bonds. The maximum absolute atomic E-state index is 12.1. The first-order valence-electron chi connectivity index (χ1n) is 7.30. The van der Waals surface area contributed by atoms with Gasteiger partial charge in [0.15, 0.2) is 5.78 Å². The third-order valence-corrected chi connectivity index (χ3v) is 4.27. The molecule has 0 bridgehead atoms. The number of carbonyl (C=O) groups is 2. The number of carbonyl (C=O) groups excluding carboxylic acids is 2. The lowest BCUT2D eigenvalue weighted by atomic mass is 10.1. The van der Waals surface area contributed by atoms with Gasteiger partial charge in [0.25, 0.3) is 0 Å². The lowest BCUT2D eigenvalue weighted by Gasteiger charge is -2.17. The minimum absolute atomic E-state index is 0.0414. The summed E-state index contributed by atoms with van der Waals surface area (Å²) in [6, 6.07) is 9.65. The lowest BCUT2D eigenvalue weighted by Crippen LogP contribution is -2.26. The van der Waals surface area contributed by atoms with E-state index in [1.807, 2.05) is 5.38 Å². The van der Waals surface area contributed by atoms with Crippen molar-refractivity contribution in [3.63, 3.8) is 0 Å². The molecule has 0 spiro atoms. The van der Waals surface area contributed by atoms with Gasteiger partial charge in [0.2, 0.25) is 5.91 Å². The lowest BCUT2D eigenvalue weighted by molar-refractivity contribution is -0.130. The van der Waals surface area contributed by atoms with Gasteiger partial charge in [-0.15, -0.1) is 11.3 Å². The van der Waals surface area contributed by atoms with Gasteiger partial charge in [0.1, 0.15) is 5.75 Å². The highest BCUT2D eigenvalue weighted by molar-refractivity contribution is 7.12. The van der Waals surface area contributed by atoms with Gasteiger partial charge in [0, 0.05) is 26.4 Å². The highest BCUT2D eigenvalue weighted by Gasteiger charge is 2.14. The summed E-state index contributed by atoms with van der Waals surface area (Å²) in [5, 5.41) is 1.82. The quantitative estimate of drug-likeness (QED) is 0.675. The minimum Gasteiger partial charge on any atom is -0.435 e. The molecule has 0 N–H and O–H groups in total. The van der Waals surface area contributed by atoms with Crippen molar-refractivity contribution < 1.29 is 23.1 Å². The minimum atomic E-state index is -2.86. The van der Waals surface area contributed by atoms with Crippen LogP contribution in [0.4, 0.5) is 8.78 Å². The van der Waals surface area contributed by atoms with Gasteiger partial charge in [-0.25, -0.2) is 0 Å². The number of hydrogen-bond acceptors (Lipinski definition) is 4. The van der Waals surface area contributed by atoms with E-state index in [2.05, 4.69) is 4.74 Å². The van der Waals surface area contributed by atoms with Crippen LogP contribution >= 0.6 is 11.3 Å². The molecule has 1 aromatic carbocycles. The molecule has 0 atom stereocenters. The highest BCUT2D eigenvalue weighted by atomic mass is 32.1. The number of hydrogen-bond donors (Lipinski definition) is 0. The van der Waals surface area contributed by atoms with E-state index in [0.717, 1.165) is 5.56 Å². The summed E-state index contributed by atoms with van der Waals surface area (Å²) >= 11 is 1.36. The molecular formula is C17H17F2NO3S. The second-order valence-corrected chi connectivity index (χ2v) is 6.12. The molecule has 0 aliphatic carbocycles. The second-order valence-electron chi connectivity index (χ2n) is 5.17. The Morgan fingerprint density at radius 1 is 1.17 bits per heavy atom. The van der Waals surface area contributed by atoms with Gasteiger partial charge in [-0.1, -0.05) is 18.2 Å². The second kappa shape index (κ2) is 8.54. The van der Waals surface area contributed by atoms with E-state index in [9.17, 15) is 18.4 Å². The molecule has 2 aromatic rings. The maximum atomic E-state index is 12.1. The standard InChI is InChI=1S/C17H17F2NO3S/c1-20(11-12-4-6-13(7-5-12)23-17(18)19)16(22)9-8-14(21)15-3-2-10-24-15/h2-7,10,17H,8-9,11H2,1H3. The first-order chi connectivity index (χ1) is 11.5. The smallest absolute Gasteiger partial charge is 0.387 e. The highest BCUT2D eigenvalue weighted by Crippen LogP contribution is 2.17. The fraction of sp³-hybridized carbons (Fsp3) is 0.294. The van der Waals surface area contributed by atoms with Crippen molar-refractivity contribution in [2.45, 2.75) is 26.0 Å². The van der Waals surface area contributed by atoms with E-state index in [1.165, 1.54) is 28.4 Å². The van der Waals surface area contributed by atoms with Crippen molar-refractivity contribution in [3.8, 4) is 5.75 Å². The van der Waals surface area contributed by atoms with Crippen molar-refractivity contribution in [1.29, 1.82) is 0 Å².